The van der Waals surface area contributed by atoms with Gasteiger partial charge in [-0.05, 0) is 50.1 Å². The molecular weight excluding hydrogens is 318 g/mol. The summed E-state index contributed by atoms with van der Waals surface area (Å²) in [6, 6.07) is 5.86. The van der Waals surface area contributed by atoms with E-state index in [1.165, 1.54) is 19.9 Å². The highest BCUT2D eigenvalue weighted by Crippen LogP contribution is 2.38. The maximum atomic E-state index is 12.1. The molecule has 0 radical (unpaired) electrons. The predicted molar refractivity (Wildman–Crippen MR) is 96.8 cm³/mol. The zero-order chi connectivity index (χ0) is 18.6. The largest absolute Gasteiger partial charge is 0.419 e. The third-order valence-corrected chi connectivity index (χ3v) is 4.67. The van der Waals surface area contributed by atoms with Crippen LogP contribution in [0.3, 0.4) is 0 Å². The Morgan fingerprint density at radius 1 is 1.04 bits per heavy atom. The summed E-state index contributed by atoms with van der Waals surface area (Å²) in [6.45, 7) is 9.45. The highest BCUT2D eigenvalue weighted by molar-refractivity contribution is 6.18. The number of cyclic esters (lactones) is 2. The number of fused-ring (bicyclic) bond motifs is 1. The average Bonchev–Trinajstić information content (AvgIpc) is 2.47. The van der Waals surface area contributed by atoms with E-state index >= 15 is 0 Å². The maximum Gasteiger partial charge on any atom is 0.348 e. The van der Waals surface area contributed by atoms with E-state index in [1.807, 2.05) is 18.2 Å². The molecule has 132 valence electrons. The molecule has 1 fully saturated rings. The van der Waals surface area contributed by atoms with Gasteiger partial charge in [0.2, 0.25) is 0 Å². The third-order valence-electron chi connectivity index (χ3n) is 4.67. The fourth-order valence-electron chi connectivity index (χ4n) is 3.21. The van der Waals surface area contributed by atoms with Crippen LogP contribution in [0, 0.1) is 0 Å². The molecule has 0 bridgehead atoms. The summed E-state index contributed by atoms with van der Waals surface area (Å²) in [4.78, 5) is 26.4. The summed E-state index contributed by atoms with van der Waals surface area (Å²) < 4.78 is 10.3. The monoisotopic (exact) mass is 341 g/mol. The molecule has 0 amide bonds. The number of rotatable bonds is 1. The number of ether oxygens (including phenoxy) is 2. The van der Waals surface area contributed by atoms with Crippen LogP contribution in [0.4, 0.5) is 5.69 Å². The van der Waals surface area contributed by atoms with Gasteiger partial charge in [0.15, 0.2) is 0 Å². The molecule has 1 aromatic rings. The molecular formula is C20H23NO4. The van der Waals surface area contributed by atoms with Gasteiger partial charge in [-0.25, -0.2) is 9.59 Å². The van der Waals surface area contributed by atoms with Gasteiger partial charge in [0, 0.05) is 32.1 Å². The highest BCUT2D eigenvalue weighted by Gasteiger charge is 2.39. The lowest BCUT2D eigenvalue weighted by atomic mass is 9.88. The zero-order valence-electron chi connectivity index (χ0n) is 15.5. The van der Waals surface area contributed by atoms with Crippen molar-refractivity contribution in [1.82, 2.24) is 0 Å². The van der Waals surface area contributed by atoms with Crippen molar-refractivity contribution in [2.45, 2.75) is 45.9 Å². The van der Waals surface area contributed by atoms with Crippen LogP contribution in [-0.4, -0.2) is 30.3 Å². The van der Waals surface area contributed by atoms with Crippen molar-refractivity contribution in [3.05, 3.63) is 41.0 Å². The van der Waals surface area contributed by atoms with Crippen LogP contribution in [0.25, 0.3) is 11.6 Å². The lowest BCUT2D eigenvalue weighted by Gasteiger charge is -2.40. The Kier molecular flexibility index (Phi) is 3.78. The van der Waals surface area contributed by atoms with Crippen LogP contribution in [0.15, 0.2) is 29.8 Å². The second-order valence-corrected chi connectivity index (χ2v) is 7.55. The number of esters is 2. The SMILES string of the molecule is CC1=CC(C)(C)N(C)c2ccc(C=C3C(=O)OC(C)(C)OC3=O)cc21. The molecule has 2 aliphatic rings. The first kappa shape index (κ1) is 17.3. The van der Waals surface area contributed by atoms with Gasteiger partial charge in [0.05, 0.1) is 5.54 Å². The van der Waals surface area contributed by atoms with E-state index < -0.39 is 17.7 Å². The molecule has 1 aromatic carbocycles. The molecule has 0 aromatic heterocycles. The van der Waals surface area contributed by atoms with Gasteiger partial charge in [-0.15, -0.1) is 0 Å². The van der Waals surface area contributed by atoms with Crippen LogP contribution >= 0.6 is 0 Å². The Bertz CT molecular complexity index is 808. The summed E-state index contributed by atoms with van der Waals surface area (Å²) in [7, 11) is 2.05. The first-order chi connectivity index (χ1) is 11.5. The van der Waals surface area contributed by atoms with Crippen LogP contribution in [0.2, 0.25) is 0 Å². The molecule has 5 heteroatoms. The van der Waals surface area contributed by atoms with Gasteiger partial charge in [-0.2, -0.15) is 0 Å². The molecule has 2 heterocycles. The first-order valence-corrected chi connectivity index (χ1v) is 8.26. The van der Waals surface area contributed by atoms with E-state index in [0.29, 0.717) is 0 Å². The maximum absolute atomic E-state index is 12.1. The fraction of sp³-hybridized carbons (Fsp3) is 0.400. The van der Waals surface area contributed by atoms with Gasteiger partial charge in [-0.3, -0.25) is 0 Å². The second-order valence-electron chi connectivity index (χ2n) is 7.55. The summed E-state index contributed by atoms with van der Waals surface area (Å²) in [5.74, 6) is -2.55. The molecule has 5 nitrogen and oxygen atoms in total. The topological polar surface area (TPSA) is 55.8 Å². The number of hydrogen-bond donors (Lipinski definition) is 0. The van der Waals surface area contributed by atoms with Crippen LogP contribution in [-0.2, 0) is 19.1 Å². The molecule has 0 N–H and O–H groups in total. The van der Waals surface area contributed by atoms with E-state index in [1.54, 1.807) is 0 Å². The molecule has 3 rings (SSSR count). The molecule has 0 unspecified atom stereocenters. The standard InChI is InChI=1S/C20H23NO4/c1-12-11-19(2,3)21(6)16-8-7-13(9-14(12)16)10-15-17(22)24-20(4,5)25-18(15)23/h7-11H,1-6H3. The minimum Gasteiger partial charge on any atom is -0.419 e. The van der Waals surface area contributed by atoms with Gasteiger partial charge in [-0.1, -0.05) is 12.1 Å². The summed E-state index contributed by atoms with van der Waals surface area (Å²) in [5, 5.41) is 0. The molecule has 0 spiro atoms. The van der Waals surface area contributed by atoms with E-state index in [0.717, 1.165) is 22.4 Å². The average molecular weight is 341 g/mol. The number of nitrogens with zero attached hydrogens (tertiary/aromatic N) is 1. The number of hydrogen-bond acceptors (Lipinski definition) is 5. The summed E-state index contributed by atoms with van der Waals surface area (Å²) in [5.41, 5.74) is 3.94. The van der Waals surface area contributed by atoms with Gasteiger partial charge >= 0.3 is 11.9 Å². The quantitative estimate of drug-likeness (QED) is 0.444. The molecule has 1 saturated heterocycles. The Hall–Kier alpha value is -2.56. The van der Waals surface area contributed by atoms with Gasteiger partial charge in [0.25, 0.3) is 5.79 Å². The Balaban J connectivity index is 2.00. The van der Waals surface area contributed by atoms with Gasteiger partial charge in [0.1, 0.15) is 5.57 Å². The summed E-state index contributed by atoms with van der Waals surface area (Å²) >= 11 is 0. The summed E-state index contributed by atoms with van der Waals surface area (Å²) in [6.07, 6.45) is 3.73. The Morgan fingerprint density at radius 3 is 2.24 bits per heavy atom. The van der Waals surface area contributed by atoms with Crippen LogP contribution in [0.5, 0.6) is 0 Å². The molecule has 0 aliphatic carbocycles. The predicted octanol–water partition coefficient (Wildman–Crippen LogP) is 3.54. The van der Waals surface area contributed by atoms with Crippen molar-refractivity contribution >= 4 is 29.3 Å². The minimum atomic E-state index is -1.23. The van der Waals surface area contributed by atoms with E-state index in [9.17, 15) is 9.59 Å². The van der Waals surface area contributed by atoms with Crippen molar-refractivity contribution in [1.29, 1.82) is 0 Å². The number of benzene rings is 1. The first-order valence-electron chi connectivity index (χ1n) is 8.26. The molecule has 0 saturated carbocycles. The molecule has 0 atom stereocenters. The van der Waals surface area contributed by atoms with Crippen molar-refractivity contribution in [2.24, 2.45) is 0 Å². The fourth-order valence-corrected chi connectivity index (χ4v) is 3.21. The number of carbonyl (C=O) groups excluding carboxylic acids is 2. The van der Waals surface area contributed by atoms with Crippen LogP contribution in [0.1, 0.15) is 45.7 Å². The van der Waals surface area contributed by atoms with Crippen molar-refractivity contribution in [3.63, 3.8) is 0 Å². The highest BCUT2D eigenvalue weighted by atomic mass is 16.7. The molecule has 2 aliphatic heterocycles. The van der Waals surface area contributed by atoms with Crippen molar-refractivity contribution < 1.29 is 19.1 Å². The van der Waals surface area contributed by atoms with Crippen LogP contribution < -0.4 is 4.90 Å². The van der Waals surface area contributed by atoms with E-state index in [4.69, 9.17) is 9.47 Å². The van der Waals surface area contributed by atoms with Crippen molar-refractivity contribution in [2.75, 3.05) is 11.9 Å². The number of carbonyl (C=O) groups is 2. The van der Waals surface area contributed by atoms with Crippen molar-refractivity contribution in [3.8, 4) is 0 Å². The zero-order valence-corrected chi connectivity index (χ0v) is 15.5. The molecule has 25 heavy (non-hydrogen) atoms. The number of allylic oxidation sites excluding steroid dienone is 1. The van der Waals surface area contributed by atoms with E-state index in [-0.39, 0.29) is 11.1 Å². The lowest BCUT2D eigenvalue weighted by molar-refractivity contribution is -0.222. The Morgan fingerprint density at radius 2 is 1.64 bits per heavy atom. The lowest BCUT2D eigenvalue weighted by Crippen LogP contribution is -2.42. The number of likely N-dealkylation sites (N-methyl/N-ethyl adjacent to an activating group) is 1. The smallest absolute Gasteiger partial charge is 0.348 e. The minimum absolute atomic E-state index is 0.0698. The number of anilines is 1. The third kappa shape index (κ3) is 3.06. The van der Waals surface area contributed by atoms with E-state index in [2.05, 4.69) is 38.8 Å². The second kappa shape index (κ2) is 5.48. The van der Waals surface area contributed by atoms with Gasteiger partial charge < -0.3 is 14.4 Å². The normalized spacial score (nSPS) is 21.1. The Labute approximate surface area is 147 Å².